The lowest BCUT2D eigenvalue weighted by molar-refractivity contribution is 0.292. The Bertz CT molecular complexity index is 1510. The van der Waals surface area contributed by atoms with E-state index in [1.165, 1.54) is 28.7 Å². The van der Waals surface area contributed by atoms with Crippen molar-refractivity contribution < 1.29 is 9.47 Å². The van der Waals surface area contributed by atoms with Gasteiger partial charge >= 0.3 is 0 Å². The van der Waals surface area contributed by atoms with Crippen molar-refractivity contribution in [1.29, 1.82) is 0 Å². The molecule has 0 radical (unpaired) electrons. The summed E-state index contributed by atoms with van der Waals surface area (Å²) in [6, 6.07) is 15.0. The van der Waals surface area contributed by atoms with Crippen molar-refractivity contribution >= 4 is 45.2 Å². The highest BCUT2D eigenvalue weighted by atomic mass is 35.5. The van der Waals surface area contributed by atoms with Gasteiger partial charge in [0, 0.05) is 10.8 Å². The fraction of sp³-hybridized carbons (Fsp3) is 0.130. The molecule has 0 bridgehead atoms. The van der Waals surface area contributed by atoms with Crippen molar-refractivity contribution in [3.05, 3.63) is 87.4 Å². The second-order valence-electron chi connectivity index (χ2n) is 7.23. The summed E-state index contributed by atoms with van der Waals surface area (Å²) in [6.45, 7) is 0.320. The maximum absolute atomic E-state index is 13.2. The lowest BCUT2D eigenvalue weighted by atomic mass is 10.2. The van der Waals surface area contributed by atoms with E-state index in [2.05, 4.69) is 24.5 Å². The molecular formula is C23H17ClN6O3S2. The minimum Gasteiger partial charge on any atom is -0.497 e. The van der Waals surface area contributed by atoms with Gasteiger partial charge in [-0.15, -0.1) is 5.10 Å². The Morgan fingerprint density at radius 1 is 1.03 bits per heavy atom. The predicted molar refractivity (Wildman–Crippen MR) is 135 cm³/mol. The van der Waals surface area contributed by atoms with Crippen molar-refractivity contribution in [2.24, 2.45) is 0 Å². The predicted octanol–water partition coefficient (Wildman–Crippen LogP) is 4.56. The van der Waals surface area contributed by atoms with E-state index in [-0.39, 0.29) is 5.56 Å². The Labute approximate surface area is 212 Å². The Morgan fingerprint density at radius 2 is 1.80 bits per heavy atom. The SMILES string of the molecule is COc1ccc(COc2cnc(-n3c(SCc4ccc(Cl)cc4)nc4nnsc4c3=O)cn2)cc1. The Kier molecular flexibility index (Phi) is 6.89. The summed E-state index contributed by atoms with van der Waals surface area (Å²) in [5.41, 5.74) is 2.00. The van der Waals surface area contributed by atoms with Crippen LogP contribution in [0, 0.1) is 0 Å². The Morgan fingerprint density at radius 3 is 2.51 bits per heavy atom. The van der Waals surface area contributed by atoms with E-state index < -0.39 is 0 Å². The van der Waals surface area contributed by atoms with Crippen LogP contribution in [0.4, 0.5) is 0 Å². The number of aromatic nitrogens is 6. The van der Waals surface area contributed by atoms with E-state index in [1.54, 1.807) is 7.11 Å². The molecule has 0 aliphatic rings. The van der Waals surface area contributed by atoms with Crippen LogP contribution in [0.1, 0.15) is 11.1 Å². The van der Waals surface area contributed by atoms with E-state index >= 15 is 0 Å². The van der Waals surface area contributed by atoms with Crippen LogP contribution < -0.4 is 15.0 Å². The summed E-state index contributed by atoms with van der Waals surface area (Å²) >= 11 is 8.36. The third-order valence-electron chi connectivity index (χ3n) is 4.93. The number of fused-ring (bicyclic) bond motifs is 1. The molecule has 2 aromatic carbocycles. The van der Waals surface area contributed by atoms with Crippen LogP contribution in [0.25, 0.3) is 16.2 Å². The van der Waals surface area contributed by atoms with E-state index in [1.807, 2.05) is 48.5 Å². The van der Waals surface area contributed by atoms with Crippen molar-refractivity contribution in [2.75, 3.05) is 7.11 Å². The molecule has 3 heterocycles. The maximum Gasteiger partial charge on any atom is 0.281 e. The number of thioether (sulfide) groups is 1. The molecule has 35 heavy (non-hydrogen) atoms. The number of hydrogen-bond donors (Lipinski definition) is 0. The normalized spacial score (nSPS) is 11.0. The van der Waals surface area contributed by atoms with Crippen LogP contribution >= 0.6 is 34.9 Å². The number of halogens is 1. The van der Waals surface area contributed by atoms with Gasteiger partial charge in [0.15, 0.2) is 15.7 Å². The molecule has 0 spiro atoms. The van der Waals surface area contributed by atoms with Gasteiger partial charge in [-0.3, -0.25) is 4.79 Å². The quantitative estimate of drug-likeness (QED) is 0.213. The number of methoxy groups -OCH3 is 1. The molecule has 0 amide bonds. The molecule has 0 saturated heterocycles. The summed E-state index contributed by atoms with van der Waals surface area (Å²) in [5.74, 6) is 2.01. The van der Waals surface area contributed by atoms with Crippen LogP contribution in [-0.4, -0.2) is 36.2 Å². The lowest BCUT2D eigenvalue weighted by Gasteiger charge is -2.11. The van der Waals surface area contributed by atoms with Crippen molar-refractivity contribution in [3.8, 4) is 17.4 Å². The van der Waals surface area contributed by atoms with Gasteiger partial charge in [0.25, 0.3) is 5.56 Å². The first-order valence-corrected chi connectivity index (χ1v) is 12.4. The molecule has 0 aliphatic heterocycles. The second kappa shape index (κ2) is 10.4. The number of rotatable bonds is 8. The van der Waals surface area contributed by atoms with Crippen LogP contribution in [0.15, 0.2) is 70.9 Å². The van der Waals surface area contributed by atoms with Gasteiger partial charge in [-0.1, -0.05) is 52.1 Å². The summed E-state index contributed by atoms with van der Waals surface area (Å²) in [7, 11) is 1.62. The molecule has 12 heteroatoms. The zero-order valence-electron chi connectivity index (χ0n) is 18.3. The standard InChI is InChI=1S/C23H17ClN6O3S2/c1-32-17-8-4-14(5-9-17)12-33-19-11-25-18(10-26-19)30-22(31)20-21(28-29-35-20)27-23(30)34-13-15-2-6-16(24)7-3-15/h2-11H,12-13H2,1H3. The molecule has 0 aliphatic carbocycles. The average Bonchev–Trinajstić information content (AvgIpc) is 3.37. The highest BCUT2D eigenvalue weighted by Gasteiger charge is 2.17. The van der Waals surface area contributed by atoms with E-state index in [0.29, 0.717) is 44.6 Å². The molecule has 9 nitrogen and oxygen atoms in total. The van der Waals surface area contributed by atoms with Crippen LogP contribution in [0.5, 0.6) is 11.6 Å². The van der Waals surface area contributed by atoms with Crippen molar-refractivity contribution in [2.45, 2.75) is 17.5 Å². The molecule has 5 aromatic rings. The van der Waals surface area contributed by atoms with Crippen molar-refractivity contribution in [3.63, 3.8) is 0 Å². The first kappa shape index (κ1) is 23.2. The van der Waals surface area contributed by atoms with Gasteiger partial charge in [0.1, 0.15) is 12.4 Å². The minimum atomic E-state index is -0.301. The van der Waals surface area contributed by atoms with E-state index in [9.17, 15) is 4.79 Å². The maximum atomic E-state index is 13.2. The third kappa shape index (κ3) is 5.26. The van der Waals surface area contributed by atoms with Gasteiger partial charge in [0.05, 0.1) is 19.5 Å². The summed E-state index contributed by atoms with van der Waals surface area (Å²) in [4.78, 5) is 26.5. The largest absolute Gasteiger partial charge is 0.497 e. The number of ether oxygens (including phenoxy) is 2. The fourth-order valence-electron chi connectivity index (χ4n) is 3.13. The molecule has 0 saturated carbocycles. The van der Waals surface area contributed by atoms with Gasteiger partial charge in [-0.05, 0) is 46.9 Å². The molecule has 0 fully saturated rings. The first-order chi connectivity index (χ1) is 17.1. The average molecular weight is 525 g/mol. The smallest absolute Gasteiger partial charge is 0.281 e. The van der Waals surface area contributed by atoms with Gasteiger partial charge in [0.2, 0.25) is 11.5 Å². The van der Waals surface area contributed by atoms with Crippen LogP contribution in [0.3, 0.4) is 0 Å². The fourth-order valence-corrected chi connectivity index (χ4v) is 4.74. The highest BCUT2D eigenvalue weighted by Crippen LogP contribution is 2.25. The van der Waals surface area contributed by atoms with Gasteiger partial charge < -0.3 is 9.47 Å². The van der Waals surface area contributed by atoms with Crippen molar-refractivity contribution in [1.82, 2.24) is 29.1 Å². The van der Waals surface area contributed by atoms with Gasteiger partial charge in [-0.2, -0.15) is 0 Å². The lowest BCUT2D eigenvalue weighted by Crippen LogP contribution is -2.22. The topological polar surface area (TPSA) is 105 Å². The Balaban J connectivity index is 1.39. The minimum absolute atomic E-state index is 0.301. The monoisotopic (exact) mass is 524 g/mol. The second-order valence-corrected chi connectivity index (χ2v) is 9.36. The number of nitrogens with zero attached hydrogens (tertiary/aromatic N) is 6. The van der Waals surface area contributed by atoms with E-state index in [0.717, 1.165) is 28.4 Å². The zero-order chi connectivity index (χ0) is 24.2. The third-order valence-corrected chi connectivity index (χ3v) is 6.90. The molecule has 0 atom stereocenters. The summed E-state index contributed by atoms with van der Waals surface area (Å²) in [5, 5.41) is 5.07. The Hall–Kier alpha value is -3.54. The highest BCUT2D eigenvalue weighted by molar-refractivity contribution is 7.98. The zero-order valence-corrected chi connectivity index (χ0v) is 20.7. The van der Waals surface area contributed by atoms with Crippen LogP contribution in [-0.2, 0) is 12.4 Å². The number of hydrogen-bond acceptors (Lipinski definition) is 10. The molecule has 176 valence electrons. The number of benzene rings is 2. The molecule has 0 N–H and O–H groups in total. The van der Waals surface area contributed by atoms with E-state index in [4.69, 9.17) is 21.1 Å². The van der Waals surface area contributed by atoms with Crippen LogP contribution in [0.2, 0.25) is 5.02 Å². The molecule has 5 rings (SSSR count). The van der Waals surface area contributed by atoms with Gasteiger partial charge in [-0.25, -0.2) is 19.5 Å². The first-order valence-electron chi connectivity index (χ1n) is 10.3. The molecular weight excluding hydrogens is 508 g/mol. The summed E-state index contributed by atoms with van der Waals surface area (Å²) in [6.07, 6.45) is 2.97. The molecule has 3 aromatic heterocycles. The summed E-state index contributed by atoms with van der Waals surface area (Å²) < 4.78 is 16.5. The molecule has 0 unspecified atom stereocenters.